The zero-order chi connectivity index (χ0) is 25.4. The molecule has 0 atom stereocenters. The number of nitro groups is 1. The van der Waals surface area contributed by atoms with E-state index in [1.165, 1.54) is 27.8 Å². The van der Waals surface area contributed by atoms with Gasteiger partial charge in [-0.25, -0.2) is 10.4 Å². The fraction of sp³-hybridized carbons (Fsp3) is 0.200. The van der Waals surface area contributed by atoms with Gasteiger partial charge in [-0.2, -0.15) is 5.10 Å². The number of hydrogen-bond donors (Lipinski definition) is 2. The van der Waals surface area contributed by atoms with E-state index in [9.17, 15) is 24.8 Å². The van der Waals surface area contributed by atoms with E-state index in [1.54, 1.807) is 42.5 Å². The molecule has 2 heterocycles. The molecule has 2 N–H and O–H groups in total. The summed E-state index contributed by atoms with van der Waals surface area (Å²) in [5.74, 6) is -0.441. The Morgan fingerprint density at radius 3 is 2.86 bits per heavy atom. The van der Waals surface area contributed by atoms with Gasteiger partial charge in [-0.1, -0.05) is 6.07 Å². The lowest BCUT2D eigenvalue weighted by Gasteiger charge is -2.12. The van der Waals surface area contributed by atoms with E-state index in [0.717, 1.165) is 42.1 Å². The first-order valence-corrected chi connectivity index (χ1v) is 12.1. The third-order valence-corrected chi connectivity index (χ3v) is 7.28. The minimum atomic E-state index is -0.710. The van der Waals surface area contributed by atoms with Crippen molar-refractivity contribution in [2.75, 3.05) is 0 Å². The molecule has 182 valence electrons. The maximum absolute atomic E-state index is 13.5. The number of carbonyl (C=O) groups excluding carboxylic acids is 1. The van der Waals surface area contributed by atoms with Crippen LogP contribution in [0.3, 0.4) is 0 Å². The summed E-state index contributed by atoms with van der Waals surface area (Å²) >= 11 is 1.59. The van der Waals surface area contributed by atoms with Crippen LogP contribution in [0.5, 0.6) is 5.75 Å². The summed E-state index contributed by atoms with van der Waals surface area (Å²) in [6, 6.07) is 10.4. The number of hydrogen-bond acceptors (Lipinski definition) is 8. The van der Waals surface area contributed by atoms with Crippen molar-refractivity contribution in [3.8, 4) is 11.4 Å². The van der Waals surface area contributed by atoms with E-state index < -0.39 is 22.3 Å². The van der Waals surface area contributed by atoms with Gasteiger partial charge in [0.1, 0.15) is 10.7 Å². The molecule has 0 aliphatic heterocycles. The molecular formula is C25H21N5O5S. The van der Waals surface area contributed by atoms with Gasteiger partial charge in [0.2, 0.25) is 0 Å². The van der Waals surface area contributed by atoms with Crippen LogP contribution in [0, 0.1) is 17.0 Å². The number of fused-ring (bicyclic) bond motifs is 3. The van der Waals surface area contributed by atoms with Crippen molar-refractivity contribution < 1.29 is 14.8 Å². The number of rotatable bonds is 5. The Labute approximate surface area is 208 Å². The van der Waals surface area contributed by atoms with Crippen LogP contribution in [0.4, 0.5) is 5.69 Å². The minimum absolute atomic E-state index is 0.138. The number of nitrogens with one attached hydrogen (secondary N) is 1. The molecule has 1 aliphatic carbocycles. The first-order valence-electron chi connectivity index (χ1n) is 11.3. The number of aryl methyl sites for hydroxylation is 3. The largest absolute Gasteiger partial charge is 0.502 e. The molecule has 1 aliphatic rings. The molecule has 0 saturated heterocycles. The molecule has 0 fully saturated rings. The second-order valence-electron chi connectivity index (χ2n) is 8.45. The number of nitrogens with zero attached hydrogens (tertiary/aromatic N) is 4. The molecule has 0 unspecified atom stereocenters. The standard InChI is InChI=1S/C25H21N5O5S/c1-14-27-24-22(18-7-2-3-8-21(18)36-24)25(33)29(14)17-6-4-5-16(12-17)23(32)28-26-13-15-9-10-20(31)19(11-15)30(34)35/h4-6,9-13,31H,2-3,7-8H2,1H3,(H,28,32)/b26-13+. The Morgan fingerprint density at radius 1 is 1.25 bits per heavy atom. The molecule has 2 aromatic heterocycles. The number of aromatic hydroxyl groups is 1. The molecule has 5 rings (SSSR count). The summed E-state index contributed by atoms with van der Waals surface area (Å²) in [5.41, 5.74) is 4.01. The van der Waals surface area contributed by atoms with Gasteiger partial charge in [-0.15, -0.1) is 11.3 Å². The highest BCUT2D eigenvalue weighted by Crippen LogP contribution is 2.34. The van der Waals surface area contributed by atoms with E-state index >= 15 is 0 Å². The van der Waals surface area contributed by atoms with Crippen molar-refractivity contribution in [1.82, 2.24) is 15.0 Å². The highest BCUT2D eigenvalue weighted by atomic mass is 32.1. The molecule has 10 nitrogen and oxygen atoms in total. The summed E-state index contributed by atoms with van der Waals surface area (Å²) in [5, 5.41) is 25.0. The monoisotopic (exact) mass is 503 g/mol. The maximum Gasteiger partial charge on any atom is 0.311 e. The van der Waals surface area contributed by atoms with Crippen molar-refractivity contribution in [2.24, 2.45) is 5.10 Å². The molecular weight excluding hydrogens is 482 g/mol. The van der Waals surface area contributed by atoms with Crippen LogP contribution in [0.1, 0.15) is 45.0 Å². The number of phenolic OH excluding ortho intramolecular Hbond substituents is 1. The Balaban J connectivity index is 1.42. The average Bonchev–Trinajstić information content (AvgIpc) is 3.23. The predicted molar refractivity (Wildman–Crippen MR) is 136 cm³/mol. The molecule has 0 saturated carbocycles. The number of benzene rings is 2. The summed E-state index contributed by atoms with van der Waals surface area (Å²) in [6.45, 7) is 1.77. The maximum atomic E-state index is 13.5. The molecule has 2 aromatic carbocycles. The number of nitro benzene ring substituents is 1. The lowest BCUT2D eigenvalue weighted by molar-refractivity contribution is -0.385. The van der Waals surface area contributed by atoms with E-state index in [2.05, 4.69) is 10.5 Å². The molecule has 4 aromatic rings. The second-order valence-corrected chi connectivity index (χ2v) is 9.53. The second kappa shape index (κ2) is 9.34. The lowest BCUT2D eigenvalue weighted by atomic mass is 9.97. The fourth-order valence-electron chi connectivity index (χ4n) is 4.39. The topological polar surface area (TPSA) is 140 Å². The van der Waals surface area contributed by atoms with Gasteiger partial charge in [-0.05, 0) is 68.5 Å². The first kappa shape index (κ1) is 23.4. The number of thiophene rings is 1. The number of phenols is 1. The summed E-state index contributed by atoms with van der Waals surface area (Å²) in [4.78, 5) is 43.2. The smallest absolute Gasteiger partial charge is 0.311 e. The van der Waals surface area contributed by atoms with E-state index in [1.807, 2.05) is 0 Å². The zero-order valence-electron chi connectivity index (χ0n) is 19.2. The van der Waals surface area contributed by atoms with Crippen LogP contribution in [0.15, 0.2) is 52.4 Å². The van der Waals surface area contributed by atoms with Crippen LogP contribution < -0.4 is 11.0 Å². The lowest BCUT2D eigenvalue weighted by Crippen LogP contribution is -2.23. The first-order chi connectivity index (χ1) is 17.3. The fourth-order valence-corrected chi connectivity index (χ4v) is 5.69. The quantitative estimate of drug-likeness (QED) is 0.240. The van der Waals surface area contributed by atoms with Crippen LogP contribution in [0.25, 0.3) is 15.9 Å². The normalized spacial score (nSPS) is 13.1. The average molecular weight is 504 g/mol. The van der Waals surface area contributed by atoms with Gasteiger partial charge in [0, 0.05) is 22.1 Å². The Kier molecular flexibility index (Phi) is 6.06. The SMILES string of the molecule is Cc1nc2sc3c(c2c(=O)n1-c1cccc(C(=O)N/N=C/c2ccc(O)c([N+](=O)[O-])c2)c1)CCCC3. The number of hydrazone groups is 1. The summed E-state index contributed by atoms with van der Waals surface area (Å²) < 4.78 is 1.53. The molecule has 0 radical (unpaired) electrons. The molecule has 0 bridgehead atoms. The van der Waals surface area contributed by atoms with E-state index in [0.29, 0.717) is 22.5 Å². The summed E-state index contributed by atoms with van der Waals surface area (Å²) in [7, 11) is 0. The highest BCUT2D eigenvalue weighted by Gasteiger charge is 2.22. The van der Waals surface area contributed by atoms with E-state index in [4.69, 9.17) is 4.98 Å². The Hall–Kier alpha value is -4.38. The predicted octanol–water partition coefficient (Wildman–Crippen LogP) is 4.01. The minimum Gasteiger partial charge on any atom is -0.502 e. The van der Waals surface area contributed by atoms with Crippen LogP contribution in [-0.4, -0.2) is 31.7 Å². The molecule has 1 amide bonds. The van der Waals surface area contributed by atoms with Gasteiger partial charge in [-0.3, -0.25) is 24.3 Å². The van der Waals surface area contributed by atoms with Crippen molar-refractivity contribution in [3.63, 3.8) is 0 Å². The number of carbonyl (C=O) groups is 1. The third kappa shape index (κ3) is 4.24. The van der Waals surface area contributed by atoms with Crippen LogP contribution in [0.2, 0.25) is 0 Å². The summed E-state index contributed by atoms with van der Waals surface area (Å²) in [6.07, 6.45) is 5.26. The van der Waals surface area contributed by atoms with Crippen molar-refractivity contribution in [2.45, 2.75) is 32.6 Å². The Bertz CT molecular complexity index is 1620. The number of amides is 1. The van der Waals surface area contributed by atoms with Gasteiger partial charge in [0.05, 0.1) is 22.2 Å². The van der Waals surface area contributed by atoms with E-state index in [-0.39, 0.29) is 11.1 Å². The molecule has 0 spiro atoms. The van der Waals surface area contributed by atoms with Crippen LogP contribution >= 0.6 is 11.3 Å². The van der Waals surface area contributed by atoms with Crippen molar-refractivity contribution in [1.29, 1.82) is 0 Å². The van der Waals surface area contributed by atoms with Gasteiger partial charge in [0.25, 0.3) is 11.5 Å². The molecule has 36 heavy (non-hydrogen) atoms. The molecule has 11 heteroatoms. The number of aromatic nitrogens is 2. The van der Waals surface area contributed by atoms with Crippen molar-refractivity contribution >= 4 is 39.4 Å². The Morgan fingerprint density at radius 2 is 2.06 bits per heavy atom. The zero-order valence-corrected chi connectivity index (χ0v) is 20.0. The van der Waals surface area contributed by atoms with Gasteiger partial charge < -0.3 is 5.11 Å². The van der Waals surface area contributed by atoms with Gasteiger partial charge >= 0.3 is 5.69 Å². The van der Waals surface area contributed by atoms with Crippen LogP contribution in [-0.2, 0) is 12.8 Å². The van der Waals surface area contributed by atoms with Crippen molar-refractivity contribution in [3.05, 3.63) is 90.3 Å². The van der Waals surface area contributed by atoms with Gasteiger partial charge in [0.15, 0.2) is 5.75 Å². The highest BCUT2D eigenvalue weighted by molar-refractivity contribution is 7.18. The third-order valence-electron chi connectivity index (χ3n) is 6.10.